The molecule has 0 radical (unpaired) electrons. The molecule has 0 aliphatic carbocycles. The van der Waals surface area contributed by atoms with E-state index in [0.717, 1.165) is 23.1 Å². The quantitative estimate of drug-likeness (QED) is 0.715. The Hall–Kier alpha value is -2.82. The van der Waals surface area contributed by atoms with E-state index in [2.05, 4.69) is 36.8 Å². The molecule has 2 aromatic carbocycles. The highest BCUT2D eigenvalue weighted by Crippen LogP contribution is 2.22. The molecule has 5 nitrogen and oxygen atoms in total. The van der Waals surface area contributed by atoms with Crippen LogP contribution in [0.4, 0.5) is 0 Å². The number of para-hydroxylation sites is 1. The van der Waals surface area contributed by atoms with Crippen LogP contribution in [-0.4, -0.2) is 18.4 Å². The first-order valence-corrected chi connectivity index (χ1v) is 9.64. The zero-order valence-corrected chi connectivity index (χ0v) is 17.3. The van der Waals surface area contributed by atoms with Gasteiger partial charge in [-0.05, 0) is 55.4 Å². The smallest absolute Gasteiger partial charge is 0.276 e. The minimum Gasteiger partial charge on any atom is -0.483 e. The van der Waals surface area contributed by atoms with E-state index in [0.29, 0.717) is 11.7 Å². The lowest BCUT2D eigenvalue weighted by Gasteiger charge is -2.15. The van der Waals surface area contributed by atoms with Crippen LogP contribution < -0.4 is 15.6 Å². The average molecular weight is 383 g/mol. The highest BCUT2D eigenvalue weighted by molar-refractivity contribution is 5.86. The van der Waals surface area contributed by atoms with Crippen LogP contribution in [0.3, 0.4) is 0 Å². The Kier molecular flexibility index (Phi) is 7.61. The summed E-state index contributed by atoms with van der Waals surface area (Å²) in [7, 11) is 0. The average Bonchev–Trinajstić information content (AvgIpc) is 2.65. The summed E-state index contributed by atoms with van der Waals surface area (Å²) in [5.41, 5.74) is 8.98. The number of hydrazine groups is 1. The third-order valence-corrected chi connectivity index (χ3v) is 4.60. The number of carbonyl (C=O) groups excluding carboxylic acids is 2. The van der Waals surface area contributed by atoms with E-state index in [1.54, 1.807) is 0 Å². The lowest BCUT2D eigenvalue weighted by atomic mass is 9.96. The molecule has 0 fully saturated rings. The summed E-state index contributed by atoms with van der Waals surface area (Å²) in [5, 5.41) is 0. The molecule has 28 heavy (non-hydrogen) atoms. The number of amides is 2. The second-order valence-corrected chi connectivity index (χ2v) is 7.61. The summed E-state index contributed by atoms with van der Waals surface area (Å²) >= 11 is 0. The van der Waals surface area contributed by atoms with Crippen LogP contribution in [0.15, 0.2) is 42.5 Å². The number of hydrogen-bond donors (Lipinski definition) is 2. The van der Waals surface area contributed by atoms with Gasteiger partial charge >= 0.3 is 0 Å². The highest BCUT2D eigenvalue weighted by Gasteiger charge is 2.16. The number of rotatable bonds is 7. The molecule has 0 aliphatic rings. The molecule has 2 rings (SSSR count). The Bertz CT molecular complexity index is 793. The zero-order valence-electron chi connectivity index (χ0n) is 17.3. The second kappa shape index (κ2) is 9.93. The fourth-order valence-electron chi connectivity index (χ4n) is 3.01. The largest absolute Gasteiger partial charge is 0.483 e. The normalized spacial score (nSPS) is 11.8. The fourth-order valence-corrected chi connectivity index (χ4v) is 3.01. The first-order valence-electron chi connectivity index (χ1n) is 9.64. The lowest BCUT2D eigenvalue weighted by Crippen LogP contribution is -2.45. The van der Waals surface area contributed by atoms with Gasteiger partial charge in [-0.1, -0.05) is 56.3 Å². The summed E-state index contributed by atoms with van der Waals surface area (Å²) in [6.45, 7) is 9.86. The molecule has 0 saturated heterocycles. The maximum Gasteiger partial charge on any atom is 0.276 e. The zero-order chi connectivity index (χ0) is 20.7. The molecule has 0 aromatic heterocycles. The minimum absolute atomic E-state index is 0.162. The number of carbonyl (C=O) groups is 2. The Balaban J connectivity index is 1.83. The number of ether oxygens (including phenoxy) is 1. The van der Waals surface area contributed by atoms with Crippen molar-refractivity contribution < 1.29 is 14.3 Å². The van der Waals surface area contributed by atoms with Gasteiger partial charge in [0.1, 0.15) is 5.75 Å². The van der Waals surface area contributed by atoms with Gasteiger partial charge in [-0.3, -0.25) is 20.4 Å². The molecule has 2 amide bonds. The Morgan fingerprint density at radius 3 is 2.11 bits per heavy atom. The fraction of sp³-hybridized carbons (Fsp3) is 0.391. The van der Waals surface area contributed by atoms with Crippen molar-refractivity contribution in [3.8, 4) is 5.75 Å². The monoisotopic (exact) mass is 382 g/mol. The molecule has 0 spiro atoms. The van der Waals surface area contributed by atoms with Crippen molar-refractivity contribution in [3.63, 3.8) is 0 Å². The van der Waals surface area contributed by atoms with Gasteiger partial charge in [0.05, 0.1) is 5.92 Å². The van der Waals surface area contributed by atoms with E-state index in [-0.39, 0.29) is 18.4 Å². The molecular weight excluding hydrogens is 352 g/mol. The predicted molar refractivity (Wildman–Crippen MR) is 111 cm³/mol. The first-order chi connectivity index (χ1) is 13.3. The van der Waals surface area contributed by atoms with Crippen molar-refractivity contribution in [2.45, 2.75) is 47.0 Å². The van der Waals surface area contributed by atoms with Gasteiger partial charge < -0.3 is 4.74 Å². The van der Waals surface area contributed by atoms with Crippen LogP contribution in [-0.2, 0) is 16.0 Å². The van der Waals surface area contributed by atoms with Crippen LogP contribution in [0.5, 0.6) is 5.75 Å². The predicted octanol–water partition coefficient (Wildman–Crippen LogP) is 3.83. The molecule has 2 aromatic rings. The van der Waals surface area contributed by atoms with E-state index in [4.69, 9.17) is 4.74 Å². The molecule has 150 valence electrons. The van der Waals surface area contributed by atoms with Gasteiger partial charge in [-0.25, -0.2) is 0 Å². The van der Waals surface area contributed by atoms with Gasteiger partial charge in [0, 0.05) is 0 Å². The van der Waals surface area contributed by atoms with Crippen LogP contribution in [0.1, 0.15) is 48.9 Å². The van der Waals surface area contributed by atoms with Crippen molar-refractivity contribution in [2.24, 2.45) is 5.92 Å². The molecule has 5 heteroatoms. The molecule has 2 N–H and O–H groups in total. The minimum atomic E-state index is -0.407. The topological polar surface area (TPSA) is 67.4 Å². The molecule has 0 bridgehead atoms. The number of aryl methyl sites for hydroxylation is 2. The summed E-state index contributed by atoms with van der Waals surface area (Å²) < 4.78 is 5.59. The van der Waals surface area contributed by atoms with Gasteiger partial charge in [0.15, 0.2) is 6.61 Å². The van der Waals surface area contributed by atoms with Crippen LogP contribution >= 0.6 is 0 Å². The highest BCUT2D eigenvalue weighted by atomic mass is 16.5. The van der Waals surface area contributed by atoms with Crippen molar-refractivity contribution in [1.82, 2.24) is 10.9 Å². The molecule has 1 unspecified atom stereocenters. The van der Waals surface area contributed by atoms with E-state index in [1.165, 1.54) is 5.56 Å². The third-order valence-electron chi connectivity index (χ3n) is 4.60. The van der Waals surface area contributed by atoms with Gasteiger partial charge in [0.2, 0.25) is 5.91 Å². The Morgan fingerprint density at radius 1 is 0.929 bits per heavy atom. The van der Waals surface area contributed by atoms with Crippen LogP contribution in [0.2, 0.25) is 0 Å². The van der Waals surface area contributed by atoms with Crippen LogP contribution in [0.25, 0.3) is 0 Å². The summed E-state index contributed by atoms with van der Waals surface area (Å²) in [4.78, 5) is 24.3. The van der Waals surface area contributed by atoms with Gasteiger partial charge in [-0.2, -0.15) is 0 Å². The Labute approximate surface area is 167 Å². The number of hydrogen-bond acceptors (Lipinski definition) is 3. The maximum absolute atomic E-state index is 12.3. The second-order valence-electron chi connectivity index (χ2n) is 7.61. The maximum atomic E-state index is 12.3. The number of nitrogens with one attached hydrogen (secondary N) is 2. The Morgan fingerprint density at radius 2 is 1.54 bits per heavy atom. The molecular formula is C23H30N2O3. The molecule has 0 heterocycles. The molecule has 0 saturated carbocycles. The summed E-state index contributed by atoms with van der Waals surface area (Å²) in [6.07, 6.45) is 1.01. The standard InChI is InChI=1S/C23H30N2O3/c1-15(2)13-19-9-11-20(12-10-19)18(5)23(27)25-24-21(26)14-28-22-16(3)7-6-8-17(22)4/h6-12,15,18H,13-14H2,1-5H3,(H,24,26)(H,25,27). The van der Waals surface area contributed by atoms with E-state index in [9.17, 15) is 9.59 Å². The molecule has 1 atom stereocenters. The number of benzene rings is 2. The van der Waals surface area contributed by atoms with Crippen LogP contribution in [0, 0.1) is 19.8 Å². The summed E-state index contributed by atoms with van der Waals surface area (Å²) in [5.74, 6) is 0.242. The lowest BCUT2D eigenvalue weighted by molar-refractivity contribution is -0.130. The van der Waals surface area contributed by atoms with E-state index < -0.39 is 5.91 Å². The van der Waals surface area contributed by atoms with Crippen molar-refractivity contribution >= 4 is 11.8 Å². The van der Waals surface area contributed by atoms with Gasteiger partial charge in [-0.15, -0.1) is 0 Å². The van der Waals surface area contributed by atoms with E-state index in [1.807, 2.05) is 51.1 Å². The first kappa shape index (κ1) is 21.5. The molecule has 0 aliphatic heterocycles. The third kappa shape index (κ3) is 6.12. The van der Waals surface area contributed by atoms with Crippen molar-refractivity contribution in [1.29, 1.82) is 0 Å². The van der Waals surface area contributed by atoms with Gasteiger partial charge in [0.25, 0.3) is 5.91 Å². The van der Waals surface area contributed by atoms with E-state index >= 15 is 0 Å². The van der Waals surface area contributed by atoms with Crippen molar-refractivity contribution in [3.05, 3.63) is 64.7 Å². The van der Waals surface area contributed by atoms with Crippen molar-refractivity contribution in [2.75, 3.05) is 6.61 Å². The SMILES string of the molecule is Cc1cccc(C)c1OCC(=O)NNC(=O)C(C)c1ccc(CC(C)C)cc1. The summed E-state index contributed by atoms with van der Waals surface area (Å²) in [6, 6.07) is 13.8.